The third-order valence-electron chi connectivity index (χ3n) is 4.76. The smallest absolute Gasteiger partial charge is 0.257 e. The molecule has 1 amide bonds. The lowest BCUT2D eigenvalue weighted by molar-refractivity contribution is 0.0770. The van der Waals surface area contributed by atoms with Crippen LogP contribution in [0.5, 0.6) is 11.5 Å². The maximum absolute atomic E-state index is 12.8. The number of hydrogen-bond donors (Lipinski definition) is 1. The van der Waals surface area contributed by atoms with Crippen LogP contribution in [-0.2, 0) is 0 Å². The fourth-order valence-corrected chi connectivity index (χ4v) is 3.42. The summed E-state index contributed by atoms with van der Waals surface area (Å²) in [5.41, 5.74) is 0.606. The molecule has 23 heavy (non-hydrogen) atoms. The number of ether oxygens (including phenoxy) is 2. The fourth-order valence-electron chi connectivity index (χ4n) is 3.42. The molecule has 2 aliphatic heterocycles. The molecule has 2 heterocycles. The molecule has 6 heteroatoms. The number of likely N-dealkylation sites (tertiary alicyclic amines) is 1. The number of amides is 1. The molecule has 1 aromatic carbocycles. The lowest BCUT2D eigenvalue weighted by Crippen LogP contribution is -2.49. The molecule has 2 saturated heterocycles. The number of carbonyl (C=O) groups excluding carboxylic acids is 1. The van der Waals surface area contributed by atoms with E-state index in [9.17, 15) is 4.79 Å². The zero-order valence-electron chi connectivity index (χ0n) is 13.9. The maximum Gasteiger partial charge on any atom is 0.257 e. The number of methoxy groups -OCH3 is 2. The molecule has 1 aromatic rings. The van der Waals surface area contributed by atoms with Gasteiger partial charge in [-0.2, -0.15) is 0 Å². The number of rotatable bonds is 4. The molecular formula is C17H25N3O3. The van der Waals surface area contributed by atoms with Gasteiger partial charge in [0.25, 0.3) is 5.91 Å². The number of piperazine rings is 1. The summed E-state index contributed by atoms with van der Waals surface area (Å²) in [5.74, 6) is 1.31. The van der Waals surface area contributed by atoms with Gasteiger partial charge in [-0.25, -0.2) is 0 Å². The first-order valence-corrected chi connectivity index (χ1v) is 8.19. The number of benzene rings is 1. The third kappa shape index (κ3) is 3.43. The Labute approximate surface area is 137 Å². The predicted molar refractivity (Wildman–Crippen MR) is 88.3 cm³/mol. The van der Waals surface area contributed by atoms with Gasteiger partial charge >= 0.3 is 0 Å². The summed E-state index contributed by atoms with van der Waals surface area (Å²) in [4.78, 5) is 17.3. The van der Waals surface area contributed by atoms with E-state index in [1.165, 1.54) is 0 Å². The molecule has 2 fully saturated rings. The van der Waals surface area contributed by atoms with Gasteiger partial charge < -0.3 is 19.7 Å². The second-order valence-electron chi connectivity index (χ2n) is 6.05. The Bertz CT molecular complexity index is 558. The summed E-state index contributed by atoms with van der Waals surface area (Å²) >= 11 is 0. The molecule has 0 aromatic heterocycles. The van der Waals surface area contributed by atoms with Gasteiger partial charge in [-0.1, -0.05) is 0 Å². The second kappa shape index (κ2) is 7.19. The molecular weight excluding hydrogens is 294 g/mol. The van der Waals surface area contributed by atoms with Crippen molar-refractivity contribution >= 4 is 5.91 Å². The molecule has 3 rings (SSSR count). The van der Waals surface area contributed by atoms with E-state index >= 15 is 0 Å². The van der Waals surface area contributed by atoms with Crippen LogP contribution in [0.25, 0.3) is 0 Å². The van der Waals surface area contributed by atoms with Crippen molar-refractivity contribution in [1.29, 1.82) is 0 Å². The van der Waals surface area contributed by atoms with Gasteiger partial charge in [-0.3, -0.25) is 9.69 Å². The van der Waals surface area contributed by atoms with Crippen molar-refractivity contribution in [2.75, 3.05) is 53.5 Å². The van der Waals surface area contributed by atoms with Gasteiger partial charge in [0.1, 0.15) is 11.5 Å². The highest BCUT2D eigenvalue weighted by Crippen LogP contribution is 2.27. The van der Waals surface area contributed by atoms with E-state index in [1.54, 1.807) is 32.4 Å². The van der Waals surface area contributed by atoms with Crippen LogP contribution < -0.4 is 14.8 Å². The highest BCUT2D eigenvalue weighted by Gasteiger charge is 2.32. The summed E-state index contributed by atoms with van der Waals surface area (Å²) < 4.78 is 10.6. The molecule has 126 valence electrons. The van der Waals surface area contributed by atoms with Gasteiger partial charge in [0, 0.05) is 51.4 Å². The molecule has 0 aliphatic carbocycles. The van der Waals surface area contributed by atoms with Gasteiger partial charge in [-0.15, -0.1) is 0 Å². The van der Waals surface area contributed by atoms with E-state index < -0.39 is 0 Å². The first-order valence-electron chi connectivity index (χ1n) is 8.19. The van der Waals surface area contributed by atoms with E-state index in [0.29, 0.717) is 23.1 Å². The molecule has 0 radical (unpaired) electrons. The first kappa shape index (κ1) is 16.1. The predicted octanol–water partition coefficient (Wildman–Crippen LogP) is 0.824. The van der Waals surface area contributed by atoms with Crippen LogP contribution >= 0.6 is 0 Å². The van der Waals surface area contributed by atoms with Crippen molar-refractivity contribution in [1.82, 2.24) is 15.1 Å². The van der Waals surface area contributed by atoms with Crippen molar-refractivity contribution in [2.24, 2.45) is 0 Å². The van der Waals surface area contributed by atoms with Crippen LogP contribution in [0.3, 0.4) is 0 Å². The molecule has 2 aliphatic rings. The number of nitrogens with zero attached hydrogens (tertiary/aromatic N) is 2. The topological polar surface area (TPSA) is 54.0 Å². The normalized spacial score (nSPS) is 22.2. The minimum absolute atomic E-state index is 0.0436. The highest BCUT2D eigenvalue weighted by molar-refractivity contribution is 5.97. The monoisotopic (exact) mass is 319 g/mol. The Morgan fingerprint density at radius 1 is 1.17 bits per heavy atom. The average molecular weight is 319 g/mol. The van der Waals surface area contributed by atoms with E-state index in [0.717, 1.165) is 45.7 Å². The Hall–Kier alpha value is -1.79. The number of hydrogen-bond acceptors (Lipinski definition) is 5. The Balaban J connectivity index is 1.69. The Morgan fingerprint density at radius 2 is 1.96 bits per heavy atom. The molecule has 0 bridgehead atoms. The molecule has 1 atom stereocenters. The van der Waals surface area contributed by atoms with Crippen LogP contribution in [0.15, 0.2) is 18.2 Å². The summed E-state index contributed by atoms with van der Waals surface area (Å²) in [6, 6.07) is 5.83. The third-order valence-corrected chi connectivity index (χ3v) is 4.76. The van der Waals surface area contributed by atoms with Gasteiger partial charge in [-0.05, 0) is 18.6 Å². The van der Waals surface area contributed by atoms with Crippen LogP contribution in [-0.4, -0.2) is 75.2 Å². The van der Waals surface area contributed by atoms with E-state index in [2.05, 4.69) is 10.2 Å². The number of carbonyl (C=O) groups is 1. The minimum Gasteiger partial charge on any atom is -0.497 e. The average Bonchev–Trinajstić information content (AvgIpc) is 3.11. The summed E-state index contributed by atoms with van der Waals surface area (Å²) in [5, 5.41) is 3.37. The summed E-state index contributed by atoms with van der Waals surface area (Å²) in [6.45, 7) is 5.82. The molecule has 1 N–H and O–H groups in total. The van der Waals surface area contributed by atoms with Crippen molar-refractivity contribution < 1.29 is 14.3 Å². The maximum atomic E-state index is 12.8. The highest BCUT2D eigenvalue weighted by atomic mass is 16.5. The molecule has 1 unspecified atom stereocenters. The molecule has 0 saturated carbocycles. The number of nitrogens with one attached hydrogen (secondary N) is 1. The van der Waals surface area contributed by atoms with E-state index in [1.807, 2.05) is 4.90 Å². The SMILES string of the molecule is COc1ccc(C(=O)N2CCC(N3CCNCC3)C2)c(OC)c1. The van der Waals surface area contributed by atoms with Gasteiger partial charge in [0.2, 0.25) is 0 Å². The molecule has 6 nitrogen and oxygen atoms in total. The van der Waals surface area contributed by atoms with Crippen molar-refractivity contribution in [3.05, 3.63) is 23.8 Å². The van der Waals surface area contributed by atoms with Crippen molar-refractivity contribution in [2.45, 2.75) is 12.5 Å². The zero-order chi connectivity index (χ0) is 16.2. The standard InChI is InChI=1S/C17H25N3O3/c1-22-14-3-4-15(16(11-14)23-2)17(21)20-8-5-13(12-20)19-9-6-18-7-10-19/h3-4,11,13,18H,5-10,12H2,1-2H3. The Kier molecular flexibility index (Phi) is 5.03. The molecule has 0 spiro atoms. The Morgan fingerprint density at radius 3 is 2.65 bits per heavy atom. The fraction of sp³-hybridized carbons (Fsp3) is 0.588. The lowest BCUT2D eigenvalue weighted by atomic mass is 10.1. The minimum atomic E-state index is 0.0436. The summed E-state index contributed by atoms with van der Waals surface area (Å²) in [6.07, 6.45) is 1.05. The van der Waals surface area contributed by atoms with Gasteiger partial charge in [0.05, 0.1) is 19.8 Å². The van der Waals surface area contributed by atoms with E-state index in [-0.39, 0.29) is 5.91 Å². The quantitative estimate of drug-likeness (QED) is 0.891. The zero-order valence-corrected chi connectivity index (χ0v) is 13.9. The van der Waals surface area contributed by atoms with Crippen LogP contribution in [0.2, 0.25) is 0 Å². The second-order valence-corrected chi connectivity index (χ2v) is 6.05. The van der Waals surface area contributed by atoms with E-state index in [4.69, 9.17) is 9.47 Å². The van der Waals surface area contributed by atoms with Crippen molar-refractivity contribution in [3.63, 3.8) is 0 Å². The lowest BCUT2D eigenvalue weighted by Gasteiger charge is -2.32. The summed E-state index contributed by atoms with van der Waals surface area (Å²) in [7, 11) is 3.19. The van der Waals surface area contributed by atoms with Crippen LogP contribution in [0.4, 0.5) is 0 Å². The largest absolute Gasteiger partial charge is 0.497 e. The van der Waals surface area contributed by atoms with Gasteiger partial charge in [0.15, 0.2) is 0 Å². The van der Waals surface area contributed by atoms with Crippen LogP contribution in [0.1, 0.15) is 16.8 Å². The van der Waals surface area contributed by atoms with Crippen molar-refractivity contribution in [3.8, 4) is 11.5 Å². The first-order chi connectivity index (χ1) is 11.2. The van der Waals surface area contributed by atoms with Crippen LogP contribution in [0, 0.1) is 0 Å².